The van der Waals surface area contributed by atoms with Crippen LogP contribution in [0, 0.1) is 5.82 Å². The molecular formula is C18H19FN4O2S. The first-order chi connectivity index (χ1) is 12.4. The van der Waals surface area contributed by atoms with Crippen molar-refractivity contribution in [1.82, 2.24) is 19.1 Å². The lowest BCUT2D eigenvalue weighted by Crippen LogP contribution is -2.37. The van der Waals surface area contributed by atoms with Crippen LogP contribution in [0.15, 0.2) is 38.9 Å². The van der Waals surface area contributed by atoms with Gasteiger partial charge in [-0.1, -0.05) is 19.1 Å². The van der Waals surface area contributed by atoms with Crippen molar-refractivity contribution in [1.29, 1.82) is 0 Å². The largest absolute Gasteiger partial charge is 0.332 e. The molecule has 1 aromatic carbocycles. The first kappa shape index (κ1) is 18.3. The van der Waals surface area contributed by atoms with Crippen LogP contribution in [0.1, 0.15) is 24.7 Å². The van der Waals surface area contributed by atoms with Crippen LogP contribution in [0.3, 0.4) is 0 Å². The normalized spacial score (nSPS) is 11.2. The summed E-state index contributed by atoms with van der Waals surface area (Å²) in [4.78, 5) is 33.8. The second kappa shape index (κ2) is 7.41. The van der Waals surface area contributed by atoms with Crippen LogP contribution in [-0.2, 0) is 26.3 Å². The zero-order chi connectivity index (χ0) is 18.8. The maximum absolute atomic E-state index is 13.4. The SMILES string of the molecule is CCCc1nc(SCc2cccc(F)c2)c2c(=O)n(C)c(=O)n(C)c2n1. The quantitative estimate of drug-likeness (QED) is 0.507. The Morgan fingerprint density at radius 2 is 1.92 bits per heavy atom. The number of halogens is 1. The molecule has 0 fully saturated rings. The third-order valence-electron chi connectivity index (χ3n) is 4.05. The van der Waals surface area contributed by atoms with E-state index in [4.69, 9.17) is 0 Å². The van der Waals surface area contributed by atoms with Gasteiger partial charge in [-0.25, -0.2) is 19.2 Å². The fourth-order valence-electron chi connectivity index (χ4n) is 2.69. The number of hydrogen-bond acceptors (Lipinski definition) is 5. The lowest BCUT2D eigenvalue weighted by Gasteiger charge is -2.11. The number of hydrogen-bond donors (Lipinski definition) is 0. The second-order valence-electron chi connectivity index (χ2n) is 6.02. The average Bonchev–Trinajstić information content (AvgIpc) is 2.63. The van der Waals surface area contributed by atoms with Gasteiger partial charge in [0.05, 0.1) is 0 Å². The Morgan fingerprint density at radius 3 is 2.62 bits per heavy atom. The molecule has 8 heteroatoms. The topological polar surface area (TPSA) is 69.8 Å². The molecule has 136 valence electrons. The Balaban J connectivity index is 2.15. The van der Waals surface area contributed by atoms with Crippen molar-refractivity contribution >= 4 is 22.8 Å². The van der Waals surface area contributed by atoms with E-state index in [0.29, 0.717) is 34.1 Å². The monoisotopic (exact) mass is 374 g/mol. The highest BCUT2D eigenvalue weighted by Crippen LogP contribution is 2.26. The number of nitrogens with zero attached hydrogens (tertiary/aromatic N) is 4. The molecule has 0 atom stereocenters. The fraction of sp³-hybridized carbons (Fsp3) is 0.333. The first-order valence-corrected chi connectivity index (χ1v) is 9.24. The van der Waals surface area contributed by atoms with E-state index in [9.17, 15) is 14.0 Å². The van der Waals surface area contributed by atoms with Crippen molar-refractivity contribution in [3.63, 3.8) is 0 Å². The maximum atomic E-state index is 13.4. The van der Waals surface area contributed by atoms with Gasteiger partial charge in [0.25, 0.3) is 5.56 Å². The Bertz CT molecular complexity index is 1090. The molecule has 2 aromatic heterocycles. The van der Waals surface area contributed by atoms with E-state index in [1.807, 2.05) is 13.0 Å². The van der Waals surface area contributed by atoms with E-state index in [-0.39, 0.29) is 5.82 Å². The minimum atomic E-state index is -0.426. The predicted molar refractivity (Wildman–Crippen MR) is 100.0 cm³/mol. The van der Waals surface area contributed by atoms with Gasteiger partial charge in [0.15, 0.2) is 5.65 Å². The van der Waals surface area contributed by atoms with Crippen LogP contribution in [0.2, 0.25) is 0 Å². The minimum Gasteiger partial charge on any atom is -0.280 e. The smallest absolute Gasteiger partial charge is 0.280 e. The minimum absolute atomic E-state index is 0.305. The van der Waals surface area contributed by atoms with Crippen LogP contribution >= 0.6 is 11.8 Å². The van der Waals surface area contributed by atoms with Gasteiger partial charge < -0.3 is 0 Å². The number of aryl methyl sites for hydroxylation is 2. The summed E-state index contributed by atoms with van der Waals surface area (Å²) >= 11 is 1.34. The molecule has 0 N–H and O–H groups in total. The van der Waals surface area contributed by atoms with E-state index < -0.39 is 11.2 Å². The third-order valence-corrected chi connectivity index (χ3v) is 5.10. The molecule has 0 amide bonds. The second-order valence-corrected chi connectivity index (χ2v) is 6.98. The van der Waals surface area contributed by atoms with Gasteiger partial charge in [0, 0.05) is 26.3 Å². The van der Waals surface area contributed by atoms with Gasteiger partial charge in [-0.3, -0.25) is 13.9 Å². The molecule has 6 nitrogen and oxygen atoms in total. The number of aromatic nitrogens is 4. The molecule has 3 aromatic rings. The first-order valence-electron chi connectivity index (χ1n) is 8.26. The third kappa shape index (κ3) is 3.41. The summed E-state index contributed by atoms with van der Waals surface area (Å²) in [7, 11) is 3.03. The van der Waals surface area contributed by atoms with Gasteiger partial charge in [-0.05, 0) is 24.1 Å². The molecule has 0 saturated heterocycles. The predicted octanol–water partition coefficient (Wildman–Crippen LogP) is 2.41. The molecule has 0 unspecified atom stereocenters. The van der Waals surface area contributed by atoms with Gasteiger partial charge in [-0.2, -0.15) is 0 Å². The van der Waals surface area contributed by atoms with Crippen LogP contribution in [-0.4, -0.2) is 19.1 Å². The van der Waals surface area contributed by atoms with Crippen molar-refractivity contribution in [3.8, 4) is 0 Å². The zero-order valence-electron chi connectivity index (χ0n) is 14.8. The van der Waals surface area contributed by atoms with Crippen LogP contribution in [0.4, 0.5) is 4.39 Å². The zero-order valence-corrected chi connectivity index (χ0v) is 15.6. The molecule has 0 aliphatic rings. The van der Waals surface area contributed by atoms with Crippen molar-refractivity contribution in [2.75, 3.05) is 0 Å². The highest BCUT2D eigenvalue weighted by molar-refractivity contribution is 7.98. The lowest BCUT2D eigenvalue weighted by atomic mass is 10.2. The Labute approximate surface area is 153 Å². The summed E-state index contributed by atoms with van der Waals surface area (Å²) in [5, 5.41) is 0.828. The summed E-state index contributed by atoms with van der Waals surface area (Å²) in [6.07, 6.45) is 1.49. The maximum Gasteiger partial charge on any atom is 0.332 e. The summed E-state index contributed by atoms with van der Waals surface area (Å²) < 4.78 is 15.8. The average molecular weight is 374 g/mol. The summed E-state index contributed by atoms with van der Waals surface area (Å²) in [6.45, 7) is 2.01. The lowest BCUT2D eigenvalue weighted by molar-refractivity contribution is 0.626. The highest BCUT2D eigenvalue weighted by atomic mass is 32.2. The molecule has 26 heavy (non-hydrogen) atoms. The number of thioether (sulfide) groups is 1. The molecule has 0 aliphatic carbocycles. The number of benzene rings is 1. The molecule has 0 aliphatic heterocycles. The van der Waals surface area contributed by atoms with Gasteiger partial charge in [0.1, 0.15) is 22.1 Å². The summed E-state index contributed by atoms with van der Waals surface area (Å²) in [5.41, 5.74) is 0.274. The van der Waals surface area contributed by atoms with Crippen molar-refractivity contribution < 1.29 is 4.39 Å². The van der Waals surface area contributed by atoms with Gasteiger partial charge in [-0.15, -0.1) is 11.8 Å². The molecule has 0 saturated carbocycles. The highest BCUT2D eigenvalue weighted by Gasteiger charge is 2.17. The number of rotatable bonds is 5. The van der Waals surface area contributed by atoms with Crippen LogP contribution in [0.5, 0.6) is 0 Å². The van der Waals surface area contributed by atoms with Gasteiger partial charge in [0.2, 0.25) is 0 Å². The van der Waals surface area contributed by atoms with E-state index in [1.54, 1.807) is 13.1 Å². The molecule has 0 radical (unpaired) electrons. The van der Waals surface area contributed by atoms with Gasteiger partial charge >= 0.3 is 5.69 Å². The van der Waals surface area contributed by atoms with Crippen molar-refractivity contribution in [2.24, 2.45) is 14.1 Å². The van der Waals surface area contributed by atoms with E-state index in [1.165, 1.54) is 35.5 Å². The molecular weight excluding hydrogens is 355 g/mol. The van der Waals surface area contributed by atoms with E-state index in [0.717, 1.165) is 16.6 Å². The standard InChI is InChI=1S/C18H19FN4O2S/c1-4-6-13-20-15-14(17(24)23(3)18(25)22(15)2)16(21-13)26-10-11-7-5-8-12(19)9-11/h5,7-9H,4,6,10H2,1-3H3. The Kier molecular flexibility index (Phi) is 5.22. The molecule has 2 heterocycles. The summed E-state index contributed by atoms with van der Waals surface area (Å²) in [5.74, 6) is 0.743. The molecule has 3 rings (SSSR count). The Morgan fingerprint density at radius 1 is 1.15 bits per heavy atom. The fourth-order valence-corrected chi connectivity index (χ4v) is 3.67. The van der Waals surface area contributed by atoms with E-state index in [2.05, 4.69) is 9.97 Å². The van der Waals surface area contributed by atoms with Crippen LogP contribution in [0.25, 0.3) is 11.0 Å². The van der Waals surface area contributed by atoms with Crippen LogP contribution < -0.4 is 11.2 Å². The summed E-state index contributed by atoms with van der Waals surface area (Å²) in [6, 6.07) is 6.31. The van der Waals surface area contributed by atoms with Crippen molar-refractivity contribution in [3.05, 3.63) is 62.3 Å². The van der Waals surface area contributed by atoms with Crippen molar-refractivity contribution in [2.45, 2.75) is 30.5 Å². The van der Waals surface area contributed by atoms with E-state index >= 15 is 0 Å². The molecule has 0 bridgehead atoms. The molecule has 0 spiro atoms. The number of fused-ring (bicyclic) bond motifs is 1. The Hall–Kier alpha value is -2.48.